The van der Waals surface area contributed by atoms with Crippen molar-refractivity contribution in [3.8, 4) is 0 Å². The summed E-state index contributed by atoms with van der Waals surface area (Å²) in [7, 11) is 0. The SMILES string of the molecule is Cc1ccc([N+](=O)[O-])c(/C=C/C(=O)O)c1Cl. The number of hydrogen-bond donors (Lipinski definition) is 1. The molecule has 1 aromatic carbocycles. The maximum atomic E-state index is 10.7. The van der Waals surface area contributed by atoms with Gasteiger partial charge in [-0.15, -0.1) is 0 Å². The molecular formula is C10H8ClNO4. The Balaban J connectivity index is 3.37. The molecule has 0 spiro atoms. The second-order valence-electron chi connectivity index (χ2n) is 3.06. The lowest BCUT2D eigenvalue weighted by atomic mass is 10.1. The van der Waals surface area contributed by atoms with Gasteiger partial charge >= 0.3 is 5.97 Å². The third-order valence-electron chi connectivity index (χ3n) is 1.94. The lowest BCUT2D eigenvalue weighted by Gasteiger charge is -2.03. The molecule has 1 rings (SSSR count). The monoisotopic (exact) mass is 241 g/mol. The second kappa shape index (κ2) is 4.76. The molecule has 0 fully saturated rings. The van der Waals surface area contributed by atoms with Gasteiger partial charge in [0, 0.05) is 12.1 Å². The fraction of sp³-hybridized carbons (Fsp3) is 0.100. The van der Waals surface area contributed by atoms with E-state index in [1.165, 1.54) is 12.1 Å². The lowest BCUT2D eigenvalue weighted by Crippen LogP contribution is -1.94. The van der Waals surface area contributed by atoms with E-state index in [1.807, 2.05) is 0 Å². The third kappa shape index (κ3) is 2.58. The molecule has 16 heavy (non-hydrogen) atoms. The lowest BCUT2D eigenvalue weighted by molar-refractivity contribution is -0.385. The topological polar surface area (TPSA) is 80.4 Å². The van der Waals surface area contributed by atoms with Crippen LogP contribution in [0.4, 0.5) is 5.69 Å². The molecule has 0 unspecified atom stereocenters. The number of nitro groups is 1. The van der Waals surface area contributed by atoms with Crippen LogP contribution in [0.5, 0.6) is 0 Å². The van der Waals surface area contributed by atoms with Gasteiger partial charge in [-0.25, -0.2) is 4.79 Å². The third-order valence-corrected chi connectivity index (χ3v) is 2.44. The summed E-state index contributed by atoms with van der Waals surface area (Å²) in [5.74, 6) is -1.19. The predicted molar refractivity (Wildman–Crippen MR) is 59.5 cm³/mol. The van der Waals surface area contributed by atoms with Gasteiger partial charge in [0.15, 0.2) is 0 Å². The Bertz CT molecular complexity index is 482. The Labute approximate surface area is 96.1 Å². The van der Waals surface area contributed by atoms with Crippen LogP contribution < -0.4 is 0 Å². The van der Waals surface area contributed by atoms with Crippen molar-refractivity contribution >= 4 is 29.3 Å². The smallest absolute Gasteiger partial charge is 0.328 e. The number of benzene rings is 1. The summed E-state index contributed by atoms with van der Waals surface area (Å²) >= 11 is 5.88. The zero-order chi connectivity index (χ0) is 12.3. The minimum atomic E-state index is -1.19. The Morgan fingerprint density at radius 2 is 2.19 bits per heavy atom. The standard InChI is InChI=1S/C10H8ClNO4/c1-6-2-4-8(12(15)16)7(10(6)11)3-5-9(13)14/h2-5H,1H3,(H,13,14)/b5-3+. The molecule has 0 saturated heterocycles. The number of aliphatic carboxylic acids is 1. The fourth-order valence-corrected chi connectivity index (χ4v) is 1.39. The number of carboxylic acids is 1. The normalized spacial score (nSPS) is 10.6. The molecule has 0 atom stereocenters. The van der Waals surface area contributed by atoms with Crippen molar-refractivity contribution in [2.45, 2.75) is 6.92 Å². The highest BCUT2D eigenvalue weighted by Crippen LogP contribution is 2.30. The molecule has 0 aliphatic carbocycles. The van der Waals surface area contributed by atoms with E-state index in [2.05, 4.69) is 0 Å². The molecule has 0 amide bonds. The van der Waals surface area contributed by atoms with Crippen LogP contribution in [-0.2, 0) is 4.79 Å². The molecule has 0 heterocycles. The summed E-state index contributed by atoms with van der Waals surface area (Å²) in [6, 6.07) is 2.81. The summed E-state index contributed by atoms with van der Waals surface area (Å²) < 4.78 is 0. The molecule has 1 aromatic rings. The largest absolute Gasteiger partial charge is 0.478 e. The first kappa shape index (κ1) is 12.2. The zero-order valence-electron chi connectivity index (χ0n) is 8.31. The number of hydrogen-bond acceptors (Lipinski definition) is 3. The molecule has 1 N–H and O–H groups in total. The molecule has 0 aliphatic heterocycles. The molecule has 0 aromatic heterocycles. The van der Waals surface area contributed by atoms with Gasteiger partial charge in [-0.1, -0.05) is 17.7 Å². The van der Waals surface area contributed by atoms with Gasteiger partial charge in [0.2, 0.25) is 0 Å². The van der Waals surface area contributed by atoms with E-state index in [0.29, 0.717) is 5.56 Å². The first-order valence-electron chi connectivity index (χ1n) is 4.28. The molecule has 6 heteroatoms. The van der Waals surface area contributed by atoms with E-state index >= 15 is 0 Å². The van der Waals surface area contributed by atoms with Gasteiger partial charge in [0.05, 0.1) is 15.5 Å². The Hall–Kier alpha value is -1.88. The minimum Gasteiger partial charge on any atom is -0.478 e. The Morgan fingerprint density at radius 1 is 1.56 bits per heavy atom. The average molecular weight is 242 g/mol. The molecule has 0 aliphatic rings. The molecule has 0 radical (unpaired) electrons. The molecule has 84 valence electrons. The van der Waals surface area contributed by atoms with E-state index in [9.17, 15) is 14.9 Å². The van der Waals surface area contributed by atoms with Crippen molar-refractivity contribution in [3.05, 3.63) is 44.5 Å². The average Bonchev–Trinajstić information content (AvgIpc) is 2.19. The quantitative estimate of drug-likeness (QED) is 0.501. The number of carboxylic acid groups (broad SMARTS) is 1. The van der Waals surface area contributed by atoms with Crippen LogP contribution >= 0.6 is 11.6 Å². The molecule has 0 saturated carbocycles. The van der Waals surface area contributed by atoms with Crippen LogP contribution in [0.15, 0.2) is 18.2 Å². The van der Waals surface area contributed by atoms with Crippen LogP contribution in [0.1, 0.15) is 11.1 Å². The van der Waals surface area contributed by atoms with Crippen molar-refractivity contribution < 1.29 is 14.8 Å². The summed E-state index contributed by atoms with van der Waals surface area (Å²) in [4.78, 5) is 20.4. The summed E-state index contributed by atoms with van der Waals surface area (Å²) in [5, 5.41) is 19.3. The summed E-state index contributed by atoms with van der Waals surface area (Å²) in [5.41, 5.74) is 0.541. The van der Waals surface area contributed by atoms with E-state index in [4.69, 9.17) is 16.7 Å². The second-order valence-corrected chi connectivity index (χ2v) is 3.44. The van der Waals surface area contributed by atoms with E-state index in [-0.39, 0.29) is 16.3 Å². The number of aryl methyl sites for hydroxylation is 1. The highest BCUT2D eigenvalue weighted by Gasteiger charge is 2.16. The first-order chi connectivity index (χ1) is 7.43. The van der Waals surface area contributed by atoms with Gasteiger partial charge in [-0.05, 0) is 18.6 Å². The molecular weight excluding hydrogens is 234 g/mol. The van der Waals surface area contributed by atoms with Crippen LogP contribution in [0, 0.1) is 17.0 Å². The van der Waals surface area contributed by atoms with Crippen molar-refractivity contribution in [2.24, 2.45) is 0 Å². The number of nitrogens with zero attached hydrogens (tertiary/aromatic N) is 1. The van der Waals surface area contributed by atoms with Crippen molar-refractivity contribution in [3.63, 3.8) is 0 Å². The first-order valence-corrected chi connectivity index (χ1v) is 4.65. The number of halogens is 1. The van der Waals surface area contributed by atoms with E-state index in [1.54, 1.807) is 6.92 Å². The summed E-state index contributed by atoms with van der Waals surface area (Å²) in [6.45, 7) is 1.68. The fourth-order valence-electron chi connectivity index (χ4n) is 1.16. The van der Waals surface area contributed by atoms with Gasteiger partial charge in [0.25, 0.3) is 5.69 Å². The molecule has 0 bridgehead atoms. The zero-order valence-corrected chi connectivity index (χ0v) is 9.06. The van der Waals surface area contributed by atoms with Crippen molar-refractivity contribution in [2.75, 3.05) is 0 Å². The van der Waals surface area contributed by atoms with Crippen LogP contribution in [0.25, 0.3) is 6.08 Å². The number of nitro benzene ring substituents is 1. The van der Waals surface area contributed by atoms with Crippen molar-refractivity contribution in [1.29, 1.82) is 0 Å². The van der Waals surface area contributed by atoms with Crippen molar-refractivity contribution in [1.82, 2.24) is 0 Å². The van der Waals surface area contributed by atoms with E-state index in [0.717, 1.165) is 12.2 Å². The van der Waals surface area contributed by atoms with Crippen LogP contribution in [-0.4, -0.2) is 16.0 Å². The highest BCUT2D eigenvalue weighted by molar-refractivity contribution is 6.33. The number of carbonyl (C=O) groups is 1. The maximum Gasteiger partial charge on any atom is 0.328 e. The van der Waals surface area contributed by atoms with Gasteiger partial charge < -0.3 is 5.11 Å². The predicted octanol–water partition coefficient (Wildman–Crippen LogP) is 2.65. The summed E-state index contributed by atoms with van der Waals surface area (Å²) in [6.07, 6.45) is 1.93. The van der Waals surface area contributed by atoms with Gasteiger partial charge in [-0.3, -0.25) is 10.1 Å². The minimum absolute atomic E-state index is 0.106. The van der Waals surface area contributed by atoms with E-state index < -0.39 is 10.9 Å². The van der Waals surface area contributed by atoms with Crippen LogP contribution in [0.2, 0.25) is 5.02 Å². The Morgan fingerprint density at radius 3 is 2.69 bits per heavy atom. The maximum absolute atomic E-state index is 10.7. The van der Waals surface area contributed by atoms with Gasteiger partial charge in [-0.2, -0.15) is 0 Å². The Kier molecular flexibility index (Phi) is 3.63. The number of rotatable bonds is 3. The van der Waals surface area contributed by atoms with Gasteiger partial charge in [0.1, 0.15) is 0 Å². The highest BCUT2D eigenvalue weighted by atomic mass is 35.5. The van der Waals surface area contributed by atoms with Crippen LogP contribution in [0.3, 0.4) is 0 Å². The molecule has 5 nitrogen and oxygen atoms in total.